The first-order valence-electron chi connectivity index (χ1n) is 6.87. The van der Waals surface area contributed by atoms with Gasteiger partial charge in [0.15, 0.2) is 0 Å². The zero-order chi connectivity index (χ0) is 14.3. The molecule has 1 unspecified atom stereocenters. The summed E-state index contributed by atoms with van der Waals surface area (Å²) in [6.07, 6.45) is 0. The minimum absolute atomic E-state index is 0.0505. The van der Waals surface area contributed by atoms with Crippen LogP contribution in [0.5, 0.6) is 0 Å². The van der Waals surface area contributed by atoms with Gasteiger partial charge in [0, 0.05) is 4.70 Å². The third-order valence-electron chi connectivity index (χ3n) is 4.06. The van der Waals surface area contributed by atoms with E-state index in [2.05, 4.69) is 62.5 Å². The highest BCUT2D eigenvalue weighted by molar-refractivity contribution is 7.17. The molecule has 0 amide bonds. The van der Waals surface area contributed by atoms with Crippen LogP contribution in [0, 0.1) is 20.8 Å². The topological polar surface area (TPSA) is 26.0 Å². The number of fused-ring (bicyclic) bond motifs is 1. The maximum Gasteiger partial charge on any atom is 0.0568 e. The molecule has 2 aromatic carbocycles. The summed E-state index contributed by atoms with van der Waals surface area (Å²) in [5, 5.41) is 3.48. The van der Waals surface area contributed by atoms with Crippen LogP contribution in [0.3, 0.4) is 0 Å². The Hall–Kier alpha value is -1.64. The summed E-state index contributed by atoms with van der Waals surface area (Å²) in [6, 6.07) is 12.9. The van der Waals surface area contributed by atoms with Gasteiger partial charge in [-0.05, 0) is 65.4 Å². The maximum absolute atomic E-state index is 6.55. The van der Waals surface area contributed by atoms with Gasteiger partial charge >= 0.3 is 0 Å². The van der Waals surface area contributed by atoms with Crippen molar-refractivity contribution in [1.29, 1.82) is 0 Å². The third-order valence-corrected chi connectivity index (χ3v) is 5.05. The quantitative estimate of drug-likeness (QED) is 0.712. The lowest BCUT2D eigenvalue weighted by molar-refractivity contribution is 0.870. The van der Waals surface area contributed by atoms with Crippen molar-refractivity contribution in [3.8, 4) is 0 Å². The van der Waals surface area contributed by atoms with Crippen LogP contribution in [0.25, 0.3) is 10.1 Å². The van der Waals surface area contributed by atoms with E-state index < -0.39 is 0 Å². The van der Waals surface area contributed by atoms with Crippen molar-refractivity contribution in [2.24, 2.45) is 5.73 Å². The van der Waals surface area contributed by atoms with Gasteiger partial charge in [0.25, 0.3) is 0 Å². The minimum Gasteiger partial charge on any atom is -0.320 e. The van der Waals surface area contributed by atoms with Gasteiger partial charge in [-0.1, -0.05) is 30.3 Å². The summed E-state index contributed by atoms with van der Waals surface area (Å²) >= 11 is 1.77. The molecule has 0 aliphatic carbocycles. The number of benzene rings is 2. The fourth-order valence-electron chi connectivity index (χ4n) is 2.72. The van der Waals surface area contributed by atoms with Crippen molar-refractivity contribution in [3.05, 3.63) is 69.6 Å². The van der Waals surface area contributed by atoms with E-state index in [9.17, 15) is 0 Å². The molecule has 0 aliphatic rings. The van der Waals surface area contributed by atoms with E-state index in [0.717, 1.165) is 0 Å². The van der Waals surface area contributed by atoms with Gasteiger partial charge in [0.1, 0.15) is 0 Å². The number of hydrogen-bond donors (Lipinski definition) is 1. The molecule has 1 nitrogen and oxygen atoms in total. The average Bonchev–Trinajstić information content (AvgIpc) is 2.86. The van der Waals surface area contributed by atoms with E-state index in [1.54, 1.807) is 11.3 Å². The molecule has 0 spiro atoms. The van der Waals surface area contributed by atoms with Crippen LogP contribution >= 0.6 is 11.3 Å². The smallest absolute Gasteiger partial charge is 0.0568 e. The number of rotatable bonds is 2. The molecule has 3 rings (SSSR count). The lowest BCUT2D eigenvalue weighted by Crippen LogP contribution is -2.13. The first-order valence-corrected chi connectivity index (χ1v) is 7.75. The summed E-state index contributed by atoms with van der Waals surface area (Å²) < 4.78 is 1.31. The highest BCUT2D eigenvalue weighted by Gasteiger charge is 2.16. The molecular formula is C18H19NS. The molecule has 0 radical (unpaired) electrons. The van der Waals surface area contributed by atoms with Crippen molar-refractivity contribution >= 4 is 21.4 Å². The van der Waals surface area contributed by atoms with E-state index in [0.29, 0.717) is 0 Å². The van der Waals surface area contributed by atoms with Crippen LogP contribution < -0.4 is 5.73 Å². The summed E-state index contributed by atoms with van der Waals surface area (Å²) in [5.74, 6) is 0. The van der Waals surface area contributed by atoms with Gasteiger partial charge in [-0.2, -0.15) is 0 Å². The molecule has 102 valence electrons. The Labute approximate surface area is 124 Å². The van der Waals surface area contributed by atoms with Crippen molar-refractivity contribution in [2.75, 3.05) is 0 Å². The summed E-state index contributed by atoms with van der Waals surface area (Å²) in [4.78, 5) is 0. The number of hydrogen-bond acceptors (Lipinski definition) is 2. The van der Waals surface area contributed by atoms with Gasteiger partial charge in [-0.25, -0.2) is 0 Å². The zero-order valence-electron chi connectivity index (χ0n) is 12.1. The van der Waals surface area contributed by atoms with Crippen molar-refractivity contribution in [2.45, 2.75) is 26.8 Å². The zero-order valence-corrected chi connectivity index (χ0v) is 12.9. The van der Waals surface area contributed by atoms with Crippen molar-refractivity contribution in [1.82, 2.24) is 0 Å². The highest BCUT2D eigenvalue weighted by atomic mass is 32.1. The summed E-state index contributed by atoms with van der Waals surface area (Å²) in [7, 11) is 0. The molecule has 1 atom stereocenters. The first-order chi connectivity index (χ1) is 9.58. The van der Waals surface area contributed by atoms with Gasteiger partial charge in [-0.3, -0.25) is 0 Å². The Kier molecular flexibility index (Phi) is 3.36. The van der Waals surface area contributed by atoms with Crippen LogP contribution in [0.4, 0.5) is 0 Å². The first kappa shape index (κ1) is 13.3. The fourth-order valence-corrected chi connectivity index (χ4v) is 3.72. The molecule has 1 aromatic heterocycles. The molecule has 0 fully saturated rings. The molecule has 20 heavy (non-hydrogen) atoms. The van der Waals surface area contributed by atoms with Crippen LogP contribution in [0.2, 0.25) is 0 Å². The third kappa shape index (κ3) is 2.15. The fraction of sp³-hybridized carbons (Fsp3) is 0.222. The van der Waals surface area contributed by atoms with E-state index >= 15 is 0 Å². The molecule has 0 saturated heterocycles. The van der Waals surface area contributed by atoms with E-state index in [-0.39, 0.29) is 6.04 Å². The van der Waals surface area contributed by atoms with Crippen LogP contribution in [0.15, 0.2) is 41.8 Å². The Morgan fingerprint density at radius 2 is 1.60 bits per heavy atom. The lowest BCUT2D eigenvalue weighted by atomic mass is 9.92. The molecule has 0 aliphatic heterocycles. The molecule has 3 aromatic rings. The number of aryl methyl sites for hydroxylation is 3. The molecule has 0 bridgehead atoms. The average molecular weight is 281 g/mol. The standard InChI is InChI=1S/C18H19NS/c1-11-8-13(3)15(9-12(11)2)18(19)16-10-20-17-7-5-4-6-14(16)17/h4-10,18H,19H2,1-3H3. The Morgan fingerprint density at radius 1 is 0.900 bits per heavy atom. The largest absolute Gasteiger partial charge is 0.320 e. The molecule has 0 saturated carbocycles. The Bertz CT molecular complexity index is 770. The predicted octanol–water partition coefficient (Wildman–Crippen LogP) is 4.87. The molecule has 2 heteroatoms. The van der Waals surface area contributed by atoms with Crippen molar-refractivity contribution < 1.29 is 0 Å². The van der Waals surface area contributed by atoms with Crippen LogP contribution in [-0.2, 0) is 0 Å². The van der Waals surface area contributed by atoms with Crippen molar-refractivity contribution in [3.63, 3.8) is 0 Å². The Morgan fingerprint density at radius 3 is 2.40 bits per heavy atom. The monoisotopic (exact) mass is 281 g/mol. The summed E-state index contributed by atoms with van der Waals surface area (Å²) in [6.45, 7) is 6.45. The van der Waals surface area contributed by atoms with Crippen LogP contribution in [-0.4, -0.2) is 0 Å². The van der Waals surface area contributed by atoms with E-state index in [4.69, 9.17) is 5.73 Å². The SMILES string of the molecule is Cc1cc(C)c(C(N)c2csc3ccccc23)cc1C. The van der Waals surface area contributed by atoms with E-state index in [1.165, 1.54) is 37.9 Å². The molecule has 2 N–H and O–H groups in total. The highest BCUT2D eigenvalue weighted by Crippen LogP contribution is 2.33. The second-order valence-electron chi connectivity index (χ2n) is 5.46. The van der Waals surface area contributed by atoms with E-state index in [1.807, 2.05) is 0 Å². The van der Waals surface area contributed by atoms with Crippen LogP contribution in [0.1, 0.15) is 33.9 Å². The second kappa shape index (κ2) is 5.04. The molecular weight excluding hydrogens is 262 g/mol. The summed E-state index contributed by atoms with van der Waals surface area (Å²) in [5.41, 5.74) is 12.9. The normalized spacial score (nSPS) is 12.8. The number of nitrogens with two attached hydrogens (primary N) is 1. The Balaban J connectivity index is 2.13. The van der Waals surface area contributed by atoms with Gasteiger partial charge in [-0.15, -0.1) is 11.3 Å². The van der Waals surface area contributed by atoms with Gasteiger partial charge in [0.05, 0.1) is 6.04 Å². The van der Waals surface area contributed by atoms with Gasteiger partial charge in [0.2, 0.25) is 0 Å². The van der Waals surface area contributed by atoms with Gasteiger partial charge < -0.3 is 5.73 Å². The lowest BCUT2D eigenvalue weighted by Gasteiger charge is -2.16. The minimum atomic E-state index is -0.0505. The maximum atomic E-state index is 6.55. The number of thiophene rings is 1. The molecule has 1 heterocycles. The predicted molar refractivity (Wildman–Crippen MR) is 88.5 cm³/mol. The second-order valence-corrected chi connectivity index (χ2v) is 6.37.